The van der Waals surface area contributed by atoms with Crippen molar-refractivity contribution < 1.29 is 18.7 Å². The van der Waals surface area contributed by atoms with E-state index in [0.29, 0.717) is 42.9 Å². The summed E-state index contributed by atoms with van der Waals surface area (Å²) in [5, 5.41) is 5.82. The number of nitrogens with zero attached hydrogens (tertiary/aromatic N) is 1. The maximum Gasteiger partial charge on any atom is 0.225 e. The zero-order chi connectivity index (χ0) is 22.1. The van der Waals surface area contributed by atoms with Gasteiger partial charge in [-0.1, -0.05) is 30.3 Å². The molecule has 166 valence electrons. The number of hydrogen-bond donors (Lipinski definition) is 2. The number of benzene rings is 2. The highest BCUT2D eigenvalue weighted by atomic mass is 19.1. The molecule has 1 aliphatic heterocycles. The van der Waals surface area contributed by atoms with Crippen LogP contribution in [0.4, 0.5) is 10.1 Å². The van der Waals surface area contributed by atoms with Gasteiger partial charge >= 0.3 is 0 Å². The molecule has 1 fully saturated rings. The van der Waals surface area contributed by atoms with Crippen molar-refractivity contribution in [2.24, 2.45) is 5.92 Å². The van der Waals surface area contributed by atoms with Gasteiger partial charge in [-0.05, 0) is 56.1 Å². The third-order valence-electron chi connectivity index (χ3n) is 5.65. The Labute approximate surface area is 182 Å². The number of piperidine rings is 1. The van der Waals surface area contributed by atoms with Crippen molar-refractivity contribution in [2.45, 2.75) is 25.7 Å². The topological polar surface area (TPSA) is 70.7 Å². The number of halogens is 1. The first-order chi connectivity index (χ1) is 15.1. The number of hydrogen-bond acceptors (Lipinski definition) is 4. The van der Waals surface area contributed by atoms with Crippen molar-refractivity contribution in [2.75, 3.05) is 38.6 Å². The molecule has 31 heavy (non-hydrogen) atoms. The Balaban J connectivity index is 1.34. The fourth-order valence-electron chi connectivity index (χ4n) is 3.80. The van der Waals surface area contributed by atoms with Crippen molar-refractivity contribution in [1.29, 1.82) is 0 Å². The van der Waals surface area contributed by atoms with E-state index in [1.807, 2.05) is 24.3 Å². The van der Waals surface area contributed by atoms with Gasteiger partial charge in [0.15, 0.2) is 0 Å². The molecular weight excluding hydrogens is 397 g/mol. The first-order valence-electron chi connectivity index (χ1n) is 10.7. The molecule has 0 aromatic heterocycles. The Morgan fingerprint density at radius 3 is 2.55 bits per heavy atom. The lowest BCUT2D eigenvalue weighted by atomic mass is 9.95. The maximum atomic E-state index is 13.6. The largest absolute Gasteiger partial charge is 0.495 e. The molecule has 2 N–H and O–H groups in total. The fraction of sp³-hybridized carbons (Fsp3) is 0.417. The van der Waals surface area contributed by atoms with E-state index in [4.69, 9.17) is 4.74 Å². The minimum absolute atomic E-state index is 0.0284. The quantitative estimate of drug-likeness (QED) is 0.645. The van der Waals surface area contributed by atoms with Gasteiger partial charge in [0.05, 0.1) is 12.8 Å². The molecule has 0 unspecified atom stereocenters. The van der Waals surface area contributed by atoms with Gasteiger partial charge in [-0.3, -0.25) is 9.59 Å². The van der Waals surface area contributed by atoms with E-state index in [2.05, 4.69) is 15.5 Å². The molecule has 3 rings (SSSR count). The second kappa shape index (κ2) is 11.5. The molecule has 0 aliphatic carbocycles. The van der Waals surface area contributed by atoms with Crippen LogP contribution in [-0.2, 0) is 16.0 Å². The van der Waals surface area contributed by atoms with Gasteiger partial charge < -0.3 is 20.3 Å². The number of rotatable bonds is 9. The second-order valence-electron chi connectivity index (χ2n) is 7.75. The third-order valence-corrected chi connectivity index (χ3v) is 5.65. The predicted octanol–water partition coefficient (Wildman–Crippen LogP) is 3.23. The summed E-state index contributed by atoms with van der Waals surface area (Å²) in [6.07, 6.45) is 2.40. The average Bonchev–Trinajstić information content (AvgIpc) is 2.79. The van der Waals surface area contributed by atoms with Crippen LogP contribution in [-0.4, -0.2) is 50.0 Å². The van der Waals surface area contributed by atoms with Crippen molar-refractivity contribution in [3.63, 3.8) is 0 Å². The van der Waals surface area contributed by atoms with E-state index in [1.54, 1.807) is 25.3 Å². The van der Waals surface area contributed by atoms with E-state index in [-0.39, 0.29) is 23.5 Å². The van der Waals surface area contributed by atoms with E-state index >= 15 is 0 Å². The van der Waals surface area contributed by atoms with E-state index in [1.165, 1.54) is 6.07 Å². The number of anilines is 1. The van der Waals surface area contributed by atoms with Crippen molar-refractivity contribution in [3.8, 4) is 5.75 Å². The summed E-state index contributed by atoms with van der Waals surface area (Å²) in [5.41, 5.74) is 1.28. The first kappa shape index (κ1) is 22.7. The molecule has 0 atom stereocenters. The summed E-state index contributed by atoms with van der Waals surface area (Å²) in [5.74, 6) is 0.346. The highest BCUT2D eigenvalue weighted by molar-refractivity contribution is 5.92. The van der Waals surface area contributed by atoms with Gasteiger partial charge in [0.25, 0.3) is 0 Å². The first-order valence-corrected chi connectivity index (χ1v) is 10.7. The van der Waals surface area contributed by atoms with Crippen molar-refractivity contribution >= 4 is 17.5 Å². The van der Waals surface area contributed by atoms with Crippen LogP contribution in [0.25, 0.3) is 0 Å². The molecule has 0 radical (unpaired) electrons. The molecule has 1 saturated heterocycles. The van der Waals surface area contributed by atoms with Gasteiger partial charge in [0.1, 0.15) is 11.6 Å². The summed E-state index contributed by atoms with van der Waals surface area (Å²) in [6.45, 7) is 2.66. The van der Waals surface area contributed by atoms with Gasteiger partial charge in [0.2, 0.25) is 11.8 Å². The molecule has 6 nitrogen and oxygen atoms in total. The fourth-order valence-corrected chi connectivity index (χ4v) is 3.80. The smallest absolute Gasteiger partial charge is 0.225 e. The van der Waals surface area contributed by atoms with Gasteiger partial charge in [-0.25, -0.2) is 4.39 Å². The lowest BCUT2D eigenvalue weighted by molar-refractivity contribution is -0.126. The monoisotopic (exact) mass is 427 g/mol. The number of likely N-dealkylation sites (tertiary alicyclic amines) is 1. The molecular formula is C24H30FN3O3. The van der Waals surface area contributed by atoms with Crippen molar-refractivity contribution in [1.82, 2.24) is 10.2 Å². The van der Waals surface area contributed by atoms with E-state index in [0.717, 1.165) is 25.9 Å². The van der Waals surface area contributed by atoms with Crippen LogP contribution in [0.5, 0.6) is 5.75 Å². The lowest BCUT2D eigenvalue weighted by Gasteiger charge is -2.31. The summed E-state index contributed by atoms with van der Waals surface area (Å²) in [6, 6.07) is 14.0. The molecule has 0 saturated carbocycles. The summed E-state index contributed by atoms with van der Waals surface area (Å²) in [7, 11) is 1.57. The lowest BCUT2D eigenvalue weighted by Crippen LogP contribution is -2.41. The van der Waals surface area contributed by atoms with Gasteiger partial charge in [0, 0.05) is 25.4 Å². The van der Waals surface area contributed by atoms with Crippen LogP contribution in [0.15, 0.2) is 48.5 Å². The Morgan fingerprint density at radius 2 is 1.81 bits per heavy atom. The molecule has 1 aliphatic rings. The van der Waals surface area contributed by atoms with Crippen LogP contribution in [0, 0.1) is 11.7 Å². The number of carbonyl (C=O) groups is 2. The molecule has 2 aromatic rings. The molecule has 1 heterocycles. The Bertz CT molecular complexity index is 882. The normalized spacial score (nSPS) is 14.8. The SMILES string of the molecule is COc1ccccc1NC(=O)CCN1CCC(C(=O)NCCc2ccccc2F)CC1. The summed E-state index contributed by atoms with van der Waals surface area (Å²) in [4.78, 5) is 26.9. The minimum Gasteiger partial charge on any atom is -0.495 e. The zero-order valence-corrected chi connectivity index (χ0v) is 17.9. The Kier molecular flexibility index (Phi) is 8.41. The number of ether oxygens (including phenoxy) is 1. The highest BCUT2D eigenvalue weighted by Crippen LogP contribution is 2.23. The van der Waals surface area contributed by atoms with Crippen LogP contribution in [0.2, 0.25) is 0 Å². The van der Waals surface area contributed by atoms with Gasteiger partial charge in [-0.2, -0.15) is 0 Å². The van der Waals surface area contributed by atoms with Crippen molar-refractivity contribution in [3.05, 3.63) is 59.9 Å². The summed E-state index contributed by atoms with van der Waals surface area (Å²) < 4.78 is 18.9. The number of carbonyl (C=O) groups excluding carboxylic acids is 2. The van der Waals surface area contributed by atoms with Crippen LogP contribution in [0.1, 0.15) is 24.8 Å². The number of methoxy groups -OCH3 is 1. The number of para-hydroxylation sites is 2. The standard InChI is InChI=1S/C24H30FN3O3/c1-31-22-9-5-4-8-21(22)27-23(29)13-17-28-15-11-19(12-16-28)24(30)26-14-10-18-6-2-3-7-20(18)25/h2-9,19H,10-17H2,1H3,(H,26,30)(H,27,29). The third kappa shape index (κ3) is 6.79. The van der Waals surface area contributed by atoms with Gasteiger partial charge in [-0.15, -0.1) is 0 Å². The maximum absolute atomic E-state index is 13.6. The molecule has 7 heteroatoms. The van der Waals surface area contributed by atoms with Crippen LogP contribution < -0.4 is 15.4 Å². The number of amides is 2. The summed E-state index contributed by atoms with van der Waals surface area (Å²) >= 11 is 0. The Hall–Kier alpha value is -2.93. The van der Waals surface area contributed by atoms with Crippen LogP contribution in [0.3, 0.4) is 0 Å². The molecule has 0 bridgehead atoms. The van der Waals surface area contributed by atoms with E-state index < -0.39 is 0 Å². The Morgan fingerprint density at radius 1 is 1.10 bits per heavy atom. The number of nitrogens with one attached hydrogen (secondary N) is 2. The highest BCUT2D eigenvalue weighted by Gasteiger charge is 2.25. The molecule has 2 amide bonds. The predicted molar refractivity (Wildman–Crippen MR) is 119 cm³/mol. The average molecular weight is 428 g/mol. The van der Waals surface area contributed by atoms with Crippen LogP contribution >= 0.6 is 0 Å². The molecule has 2 aromatic carbocycles. The molecule has 0 spiro atoms. The second-order valence-corrected chi connectivity index (χ2v) is 7.75. The minimum atomic E-state index is -0.236. The van der Waals surface area contributed by atoms with E-state index in [9.17, 15) is 14.0 Å². The zero-order valence-electron chi connectivity index (χ0n) is 17.9.